The van der Waals surface area contributed by atoms with Crippen LogP contribution in [0.1, 0.15) is 48.4 Å². The summed E-state index contributed by atoms with van der Waals surface area (Å²) in [5.41, 5.74) is 2.33. The van der Waals surface area contributed by atoms with Crippen LogP contribution in [0.3, 0.4) is 0 Å². The van der Waals surface area contributed by atoms with Gasteiger partial charge in [0, 0.05) is 35.6 Å². The van der Waals surface area contributed by atoms with Gasteiger partial charge >= 0.3 is 6.09 Å². The van der Waals surface area contributed by atoms with Gasteiger partial charge < -0.3 is 34.3 Å². The number of hydrogen-bond donors (Lipinski definition) is 2. The topological polar surface area (TPSA) is 119 Å². The van der Waals surface area contributed by atoms with Crippen molar-refractivity contribution in [2.24, 2.45) is 0 Å². The number of benzene rings is 3. The van der Waals surface area contributed by atoms with Crippen LogP contribution < -0.4 is 29.2 Å². The molecule has 12 heteroatoms. The first kappa shape index (κ1) is 34.2. The van der Waals surface area contributed by atoms with Crippen molar-refractivity contribution < 1.29 is 33.2 Å². The highest BCUT2D eigenvalue weighted by atomic mass is 19.1. The van der Waals surface area contributed by atoms with E-state index in [0.717, 1.165) is 36.5 Å². The SMILES string of the molecule is COc1ccc(OC)c(C(c2cc(C)ccc2OC)N(C(=O)O)c2ccnc(Nc3ccc(OCCCN4CCCCC4)c(F)c3)n2)c1. The number of nitrogens with zero attached hydrogens (tertiary/aromatic N) is 4. The fourth-order valence-corrected chi connectivity index (χ4v) is 5.93. The molecule has 1 saturated heterocycles. The minimum atomic E-state index is -1.29. The second-order valence-electron chi connectivity index (χ2n) is 11.5. The summed E-state index contributed by atoms with van der Waals surface area (Å²) < 4.78 is 37.6. The number of hydrogen-bond acceptors (Lipinski definition) is 9. The number of methoxy groups -OCH3 is 3. The predicted octanol–water partition coefficient (Wildman–Crippen LogP) is 7.22. The maximum Gasteiger partial charge on any atom is 0.413 e. The summed E-state index contributed by atoms with van der Waals surface area (Å²) in [7, 11) is 4.57. The van der Waals surface area contributed by atoms with Crippen molar-refractivity contribution in [3.05, 3.63) is 89.4 Å². The van der Waals surface area contributed by atoms with Gasteiger partial charge in [0.2, 0.25) is 5.95 Å². The quantitative estimate of drug-likeness (QED) is 0.134. The van der Waals surface area contributed by atoms with Gasteiger partial charge in [-0.3, -0.25) is 0 Å². The number of amides is 1. The molecule has 1 unspecified atom stereocenters. The Kier molecular flexibility index (Phi) is 11.5. The van der Waals surface area contributed by atoms with Crippen LogP contribution in [0.25, 0.3) is 0 Å². The summed E-state index contributed by atoms with van der Waals surface area (Å²) in [6.45, 7) is 5.48. The normalized spacial score (nSPS) is 13.8. The number of nitrogens with one attached hydrogen (secondary N) is 1. The molecule has 254 valence electrons. The molecule has 0 bridgehead atoms. The highest BCUT2D eigenvalue weighted by molar-refractivity contribution is 5.87. The summed E-state index contributed by atoms with van der Waals surface area (Å²) in [6.07, 6.45) is 4.70. The van der Waals surface area contributed by atoms with Gasteiger partial charge in [0.1, 0.15) is 23.1 Å². The molecule has 1 atom stereocenters. The first-order valence-corrected chi connectivity index (χ1v) is 15.9. The number of likely N-dealkylation sites (tertiary alicyclic amines) is 1. The fourth-order valence-electron chi connectivity index (χ4n) is 5.93. The minimum absolute atomic E-state index is 0.0626. The number of aryl methyl sites for hydroxylation is 1. The van der Waals surface area contributed by atoms with E-state index in [4.69, 9.17) is 18.9 Å². The summed E-state index contributed by atoms with van der Waals surface area (Å²) in [5.74, 6) is 1.18. The van der Waals surface area contributed by atoms with E-state index in [1.807, 2.05) is 19.1 Å². The van der Waals surface area contributed by atoms with E-state index in [0.29, 0.717) is 40.7 Å². The van der Waals surface area contributed by atoms with E-state index in [1.54, 1.807) is 36.4 Å². The van der Waals surface area contributed by atoms with Gasteiger partial charge in [0.05, 0.1) is 34.0 Å². The Morgan fingerprint density at radius 2 is 1.65 bits per heavy atom. The number of anilines is 3. The van der Waals surface area contributed by atoms with Crippen molar-refractivity contribution in [3.63, 3.8) is 0 Å². The molecule has 11 nitrogen and oxygen atoms in total. The molecule has 4 aromatic rings. The summed E-state index contributed by atoms with van der Waals surface area (Å²) in [4.78, 5) is 25.5. The molecule has 2 N–H and O–H groups in total. The lowest BCUT2D eigenvalue weighted by molar-refractivity contribution is 0.199. The number of ether oxygens (including phenoxy) is 4. The maximum atomic E-state index is 15.0. The number of aromatic nitrogens is 2. The summed E-state index contributed by atoms with van der Waals surface area (Å²) in [5, 5.41) is 13.7. The molecular weight excluding hydrogens is 617 g/mol. The van der Waals surface area contributed by atoms with Gasteiger partial charge in [0.25, 0.3) is 0 Å². The van der Waals surface area contributed by atoms with Gasteiger partial charge in [-0.25, -0.2) is 19.1 Å². The van der Waals surface area contributed by atoms with Crippen LogP contribution in [0.15, 0.2) is 66.9 Å². The zero-order valence-corrected chi connectivity index (χ0v) is 27.7. The van der Waals surface area contributed by atoms with Gasteiger partial charge in [-0.05, 0) is 87.8 Å². The van der Waals surface area contributed by atoms with Crippen LogP contribution in [0.2, 0.25) is 0 Å². The average molecular weight is 660 g/mol. The predicted molar refractivity (Wildman–Crippen MR) is 182 cm³/mol. The van der Waals surface area contributed by atoms with E-state index < -0.39 is 18.0 Å². The molecule has 0 aliphatic carbocycles. The largest absolute Gasteiger partial charge is 0.497 e. The van der Waals surface area contributed by atoms with Crippen molar-refractivity contribution in [1.82, 2.24) is 14.9 Å². The lowest BCUT2D eigenvalue weighted by Crippen LogP contribution is -2.35. The average Bonchev–Trinajstić information content (AvgIpc) is 3.10. The molecular formula is C36H42FN5O6. The Morgan fingerprint density at radius 1 is 0.938 bits per heavy atom. The third-order valence-electron chi connectivity index (χ3n) is 8.28. The van der Waals surface area contributed by atoms with Crippen molar-refractivity contribution in [3.8, 4) is 23.0 Å². The fraction of sp³-hybridized carbons (Fsp3) is 0.361. The highest BCUT2D eigenvalue weighted by Gasteiger charge is 2.34. The molecule has 1 aliphatic rings. The zero-order valence-electron chi connectivity index (χ0n) is 27.7. The number of piperidine rings is 1. The highest BCUT2D eigenvalue weighted by Crippen LogP contribution is 2.42. The third-order valence-corrected chi connectivity index (χ3v) is 8.28. The Morgan fingerprint density at radius 3 is 2.33 bits per heavy atom. The number of halogens is 1. The molecule has 0 saturated carbocycles. The van der Waals surface area contributed by atoms with Crippen molar-refractivity contribution in [1.29, 1.82) is 0 Å². The van der Waals surface area contributed by atoms with Gasteiger partial charge in [0.15, 0.2) is 11.6 Å². The molecule has 3 aromatic carbocycles. The Balaban J connectivity index is 1.42. The van der Waals surface area contributed by atoms with E-state index in [-0.39, 0.29) is 17.5 Å². The van der Waals surface area contributed by atoms with E-state index >= 15 is 4.39 Å². The number of carbonyl (C=O) groups is 1. The summed E-state index contributed by atoms with van der Waals surface area (Å²) in [6, 6.07) is 15.7. The Bertz CT molecular complexity index is 1700. The van der Waals surface area contributed by atoms with E-state index in [1.165, 1.54) is 58.9 Å². The lowest BCUT2D eigenvalue weighted by atomic mass is 9.94. The van der Waals surface area contributed by atoms with Crippen LogP contribution in [-0.4, -0.2) is 73.6 Å². The van der Waals surface area contributed by atoms with Gasteiger partial charge in [-0.15, -0.1) is 0 Å². The molecule has 1 fully saturated rings. The van der Waals surface area contributed by atoms with Crippen LogP contribution in [0, 0.1) is 12.7 Å². The van der Waals surface area contributed by atoms with E-state index in [2.05, 4.69) is 20.2 Å². The van der Waals surface area contributed by atoms with Crippen molar-refractivity contribution >= 4 is 23.5 Å². The zero-order chi connectivity index (χ0) is 34.0. The third kappa shape index (κ3) is 8.24. The van der Waals surface area contributed by atoms with Crippen LogP contribution in [0.5, 0.6) is 23.0 Å². The smallest absolute Gasteiger partial charge is 0.413 e. The molecule has 48 heavy (non-hydrogen) atoms. The molecule has 1 aromatic heterocycles. The van der Waals surface area contributed by atoms with E-state index in [9.17, 15) is 9.90 Å². The first-order valence-electron chi connectivity index (χ1n) is 15.9. The standard InChI is InChI=1S/C36H42FN5O6/c1-24-9-12-30(46-3)27(21-24)34(28-23-26(45-2)11-14-31(28)47-4)42(36(43)44)33-15-16-38-35(40-33)39-25-10-13-32(29(37)22-25)48-20-8-19-41-17-6-5-7-18-41/h9-16,21-23,34H,5-8,17-20H2,1-4H3,(H,43,44)(H,38,39,40). The molecule has 1 aliphatic heterocycles. The molecule has 1 amide bonds. The second kappa shape index (κ2) is 16.1. The molecule has 2 heterocycles. The van der Waals surface area contributed by atoms with Crippen LogP contribution in [-0.2, 0) is 0 Å². The van der Waals surface area contributed by atoms with Crippen molar-refractivity contribution in [2.75, 3.05) is 57.8 Å². The molecule has 0 radical (unpaired) electrons. The summed E-state index contributed by atoms with van der Waals surface area (Å²) >= 11 is 0. The number of carboxylic acid groups (broad SMARTS) is 1. The second-order valence-corrected chi connectivity index (χ2v) is 11.5. The Labute approximate surface area is 280 Å². The first-order chi connectivity index (χ1) is 23.3. The monoisotopic (exact) mass is 659 g/mol. The van der Waals surface area contributed by atoms with Gasteiger partial charge in [-0.2, -0.15) is 4.98 Å². The van der Waals surface area contributed by atoms with Gasteiger partial charge in [-0.1, -0.05) is 18.1 Å². The Hall–Kier alpha value is -5.10. The van der Waals surface area contributed by atoms with Crippen LogP contribution in [0.4, 0.5) is 26.6 Å². The lowest BCUT2D eigenvalue weighted by Gasteiger charge is -2.31. The van der Waals surface area contributed by atoms with Crippen LogP contribution >= 0.6 is 0 Å². The minimum Gasteiger partial charge on any atom is -0.497 e. The number of rotatable bonds is 14. The molecule has 5 rings (SSSR count). The molecule has 0 spiro atoms. The maximum absolute atomic E-state index is 15.0. The van der Waals surface area contributed by atoms with Crippen molar-refractivity contribution in [2.45, 2.75) is 38.6 Å².